The fourth-order valence-corrected chi connectivity index (χ4v) is 4.36. The summed E-state index contributed by atoms with van der Waals surface area (Å²) < 4.78 is 13.3. The number of hydrogen-bond donors (Lipinski definition) is 6. The molecule has 2 aliphatic rings. The maximum Gasteiger partial charge on any atom is 0.330 e. The van der Waals surface area contributed by atoms with Gasteiger partial charge in [-0.1, -0.05) is 24.3 Å². The topological polar surface area (TPSA) is 209 Å². The van der Waals surface area contributed by atoms with Crippen LogP contribution in [0.5, 0.6) is 0 Å². The van der Waals surface area contributed by atoms with E-state index in [1.807, 2.05) is 26.0 Å². The molecule has 14 heteroatoms. The third kappa shape index (κ3) is 7.41. The highest BCUT2D eigenvalue weighted by Gasteiger charge is 2.36. The summed E-state index contributed by atoms with van der Waals surface area (Å²) >= 11 is 0. The van der Waals surface area contributed by atoms with Crippen molar-refractivity contribution in [3.63, 3.8) is 0 Å². The van der Waals surface area contributed by atoms with E-state index < -0.39 is 59.4 Å². The number of H-pyrrole nitrogens is 2. The summed E-state index contributed by atoms with van der Waals surface area (Å²) in [4.78, 5) is 51.4. The van der Waals surface area contributed by atoms with Crippen LogP contribution in [-0.2, 0) is 22.3 Å². The number of nitrogens with one attached hydrogen (secondary N) is 2. The number of hydrogen-bond acceptors (Lipinski definition) is 10. The first kappa shape index (κ1) is 31.1. The minimum atomic E-state index is -0.831. The van der Waals surface area contributed by atoms with Crippen LogP contribution in [0.1, 0.15) is 50.3 Å². The Kier molecular flexibility index (Phi) is 11.1. The standard InChI is InChI=1S/2C13H18N2O5/c2*1-2-3-4-8-6-15(13(19)14-12(8)18)11-5-9(17)10(7-16)20-11/h2*2-3,6,9-11,16-17H,4-5,7H2,1H3,(H,14,18,19)/b3-2+;3-2-/t2*9-,10+,11+/m00/s1. The van der Waals surface area contributed by atoms with Crippen LogP contribution in [0.25, 0.3) is 0 Å². The summed E-state index contributed by atoms with van der Waals surface area (Å²) in [5, 5.41) is 37.5. The number of ether oxygens (including phenoxy) is 2. The Hall–Kier alpha value is -3.40. The van der Waals surface area contributed by atoms with Crippen molar-refractivity contribution in [1.29, 1.82) is 0 Å². The normalized spacial score (nSPS) is 26.4. The van der Waals surface area contributed by atoms with E-state index >= 15 is 0 Å². The van der Waals surface area contributed by atoms with E-state index in [1.165, 1.54) is 21.5 Å². The van der Waals surface area contributed by atoms with Gasteiger partial charge in [0.05, 0.1) is 25.4 Å². The maximum atomic E-state index is 11.8. The van der Waals surface area contributed by atoms with Gasteiger partial charge in [-0.3, -0.25) is 28.7 Å². The van der Waals surface area contributed by atoms with Gasteiger partial charge in [-0.05, 0) is 26.7 Å². The van der Waals surface area contributed by atoms with Gasteiger partial charge < -0.3 is 29.9 Å². The second kappa shape index (κ2) is 14.3. The van der Waals surface area contributed by atoms with Gasteiger partial charge >= 0.3 is 11.4 Å². The molecule has 14 nitrogen and oxygen atoms in total. The van der Waals surface area contributed by atoms with Crippen LogP contribution in [0.2, 0.25) is 0 Å². The van der Waals surface area contributed by atoms with Crippen molar-refractivity contribution < 1.29 is 29.9 Å². The summed E-state index contributed by atoms with van der Waals surface area (Å²) in [6.07, 6.45) is 6.87. The Morgan fingerprint density at radius 3 is 1.45 bits per heavy atom. The van der Waals surface area contributed by atoms with Crippen LogP contribution in [0.15, 0.2) is 55.9 Å². The van der Waals surface area contributed by atoms with Gasteiger partial charge in [-0.2, -0.15) is 0 Å². The highest BCUT2D eigenvalue weighted by molar-refractivity contribution is 5.11. The fraction of sp³-hybridized carbons (Fsp3) is 0.538. The summed E-state index contributed by atoms with van der Waals surface area (Å²) in [6.45, 7) is 3.04. The molecule has 0 unspecified atom stereocenters. The third-order valence-corrected chi connectivity index (χ3v) is 6.62. The van der Waals surface area contributed by atoms with E-state index in [1.54, 1.807) is 12.2 Å². The van der Waals surface area contributed by atoms with Gasteiger partial charge in [0.25, 0.3) is 11.1 Å². The molecule has 0 radical (unpaired) electrons. The van der Waals surface area contributed by atoms with E-state index in [0.29, 0.717) is 24.0 Å². The van der Waals surface area contributed by atoms with Crippen molar-refractivity contribution in [2.75, 3.05) is 13.2 Å². The molecule has 0 spiro atoms. The summed E-state index contributed by atoms with van der Waals surface area (Å²) in [5.41, 5.74) is -1.16. The first-order valence-corrected chi connectivity index (χ1v) is 12.9. The minimum absolute atomic E-state index is 0.195. The Bertz CT molecular complexity index is 1310. The Morgan fingerprint density at radius 1 is 0.775 bits per heavy atom. The molecule has 0 aromatic carbocycles. The Morgan fingerprint density at radius 2 is 1.15 bits per heavy atom. The van der Waals surface area contributed by atoms with E-state index in [4.69, 9.17) is 19.7 Å². The molecule has 4 heterocycles. The predicted molar refractivity (Wildman–Crippen MR) is 143 cm³/mol. The van der Waals surface area contributed by atoms with Crippen molar-refractivity contribution in [3.05, 3.63) is 89.5 Å². The predicted octanol–water partition coefficient (Wildman–Crippen LogP) is -1.41. The maximum absolute atomic E-state index is 11.8. The highest BCUT2D eigenvalue weighted by Crippen LogP contribution is 2.28. The third-order valence-electron chi connectivity index (χ3n) is 6.62. The molecule has 2 saturated heterocycles. The number of aromatic nitrogens is 4. The zero-order chi connectivity index (χ0) is 29.4. The van der Waals surface area contributed by atoms with Gasteiger partial charge in [0.15, 0.2) is 0 Å². The lowest BCUT2D eigenvalue weighted by Gasteiger charge is -2.15. The molecule has 4 rings (SSSR count). The molecule has 0 aliphatic carbocycles. The second-order valence-corrected chi connectivity index (χ2v) is 9.42. The van der Waals surface area contributed by atoms with Crippen molar-refractivity contribution in [2.24, 2.45) is 0 Å². The van der Waals surface area contributed by atoms with Crippen LogP contribution in [0.4, 0.5) is 0 Å². The second-order valence-electron chi connectivity index (χ2n) is 9.42. The van der Waals surface area contributed by atoms with Gasteiger partial charge in [-0.25, -0.2) is 9.59 Å². The smallest absolute Gasteiger partial charge is 0.330 e. The first-order valence-electron chi connectivity index (χ1n) is 12.9. The largest absolute Gasteiger partial charge is 0.394 e. The number of rotatable bonds is 8. The van der Waals surface area contributed by atoms with Crippen molar-refractivity contribution in [2.45, 2.75) is 76.4 Å². The van der Waals surface area contributed by atoms with Crippen LogP contribution in [0.3, 0.4) is 0 Å². The zero-order valence-corrected chi connectivity index (χ0v) is 22.3. The van der Waals surface area contributed by atoms with Crippen molar-refractivity contribution in [3.8, 4) is 0 Å². The van der Waals surface area contributed by atoms with Crippen LogP contribution >= 0.6 is 0 Å². The molecule has 0 saturated carbocycles. The fourth-order valence-electron chi connectivity index (χ4n) is 4.36. The lowest BCUT2D eigenvalue weighted by Crippen LogP contribution is -2.34. The molecule has 6 atom stereocenters. The Labute approximate surface area is 228 Å². The lowest BCUT2D eigenvalue weighted by atomic mass is 10.2. The molecule has 2 fully saturated rings. The van der Waals surface area contributed by atoms with Gasteiger partial charge in [0.2, 0.25) is 0 Å². The number of aromatic amines is 2. The number of aliphatic hydroxyl groups excluding tert-OH is 4. The molecule has 2 aromatic heterocycles. The van der Waals surface area contributed by atoms with Gasteiger partial charge in [0, 0.05) is 36.4 Å². The number of allylic oxidation sites excluding steroid dienone is 4. The molecule has 0 amide bonds. The lowest BCUT2D eigenvalue weighted by molar-refractivity contribution is -0.0459. The number of nitrogens with zero attached hydrogens (tertiary/aromatic N) is 2. The zero-order valence-electron chi connectivity index (χ0n) is 22.3. The van der Waals surface area contributed by atoms with E-state index in [9.17, 15) is 29.4 Å². The summed E-state index contributed by atoms with van der Waals surface area (Å²) in [5.74, 6) is 0. The van der Waals surface area contributed by atoms with Crippen molar-refractivity contribution in [1.82, 2.24) is 19.1 Å². The average Bonchev–Trinajstić information content (AvgIpc) is 3.49. The molecule has 0 bridgehead atoms. The summed E-state index contributed by atoms with van der Waals surface area (Å²) in [6, 6.07) is 0. The monoisotopic (exact) mass is 564 g/mol. The molecule has 2 aromatic rings. The number of aliphatic hydroxyl groups is 4. The Balaban J connectivity index is 0.000000220. The van der Waals surface area contributed by atoms with Gasteiger partial charge in [-0.15, -0.1) is 0 Å². The molecular weight excluding hydrogens is 528 g/mol. The quantitative estimate of drug-likeness (QED) is 0.206. The van der Waals surface area contributed by atoms with E-state index in [-0.39, 0.29) is 26.1 Å². The average molecular weight is 565 g/mol. The minimum Gasteiger partial charge on any atom is -0.394 e. The van der Waals surface area contributed by atoms with Crippen molar-refractivity contribution >= 4 is 0 Å². The van der Waals surface area contributed by atoms with Crippen LogP contribution in [-0.4, -0.2) is 77.2 Å². The molecule has 40 heavy (non-hydrogen) atoms. The first-order chi connectivity index (χ1) is 19.1. The molecule has 6 N–H and O–H groups in total. The van der Waals surface area contributed by atoms with E-state index in [2.05, 4.69) is 9.97 Å². The van der Waals surface area contributed by atoms with E-state index in [0.717, 1.165) is 0 Å². The molecular formula is C26H36N4O10. The van der Waals surface area contributed by atoms with Crippen LogP contribution < -0.4 is 22.5 Å². The van der Waals surface area contributed by atoms with Gasteiger partial charge in [0.1, 0.15) is 24.7 Å². The summed E-state index contributed by atoms with van der Waals surface area (Å²) in [7, 11) is 0. The molecule has 220 valence electrons. The van der Waals surface area contributed by atoms with Crippen LogP contribution in [0, 0.1) is 0 Å². The molecule has 2 aliphatic heterocycles. The SMILES string of the molecule is C/C=C/Cc1cn([C@H]2C[C@H](O)[C@@H](CO)O2)c(=O)[nH]c1=O.C/C=C\Cc1cn([C@H]2C[C@H](O)[C@@H](CO)O2)c(=O)[nH]c1=O. The highest BCUT2D eigenvalue weighted by atomic mass is 16.5.